The van der Waals surface area contributed by atoms with Crippen molar-refractivity contribution in [3.8, 4) is 11.5 Å². The third kappa shape index (κ3) is 2.87. The van der Waals surface area contributed by atoms with Crippen molar-refractivity contribution in [2.45, 2.75) is 13.5 Å². The Morgan fingerprint density at radius 1 is 1.39 bits per heavy atom. The lowest BCUT2D eigenvalue weighted by atomic mass is 10.1. The number of hydrogen-bond donors (Lipinski definition) is 0. The van der Waals surface area contributed by atoms with E-state index in [1.165, 1.54) is 18.3 Å². The van der Waals surface area contributed by atoms with E-state index in [1.807, 2.05) is 5.38 Å². The highest BCUT2D eigenvalue weighted by molar-refractivity contribution is 7.09. The molecule has 2 rings (SSSR count). The van der Waals surface area contributed by atoms with Crippen molar-refractivity contribution in [3.05, 3.63) is 40.3 Å². The van der Waals surface area contributed by atoms with E-state index < -0.39 is 0 Å². The highest BCUT2D eigenvalue weighted by Crippen LogP contribution is 2.29. The Labute approximate surface area is 109 Å². The predicted octanol–water partition coefficient (Wildman–Crippen LogP) is 2.93. The molecule has 4 nitrogen and oxygen atoms in total. The van der Waals surface area contributed by atoms with Gasteiger partial charge in [0.2, 0.25) is 0 Å². The lowest BCUT2D eigenvalue weighted by Crippen LogP contribution is -1.99. The highest BCUT2D eigenvalue weighted by Gasteiger charge is 2.08. The summed E-state index contributed by atoms with van der Waals surface area (Å²) in [4.78, 5) is 15.4. The second-order valence-electron chi connectivity index (χ2n) is 3.64. The van der Waals surface area contributed by atoms with Crippen LogP contribution >= 0.6 is 11.3 Å². The number of carbonyl (C=O) groups excluding carboxylic acids is 1. The van der Waals surface area contributed by atoms with Crippen molar-refractivity contribution in [1.82, 2.24) is 4.98 Å². The molecule has 0 radical (unpaired) electrons. The van der Waals surface area contributed by atoms with Crippen molar-refractivity contribution in [3.63, 3.8) is 0 Å². The minimum Gasteiger partial charge on any atom is -0.493 e. The molecule has 5 heteroatoms. The van der Waals surface area contributed by atoms with Crippen molar-refractivity contribution in [1.29, 1.82) is 0 Å². The maximum atomic E-state index is 11.3. The molecule has 0 bridgehead atoms. The van der Waals surface area contributed by atoms with Gasteiger partial charge >= 0.3 is 0 Å². The van der Waals surface area contributed by atoms with Crippen LogP contribution in [0.25, 0.3) is 0 Å². The smallest absolute Gasteiger partial charge is 0.161 e. The second kappa shape index (κ2) is 5.64. The van der Waals surface area contributed by atoms with Gasteiger partial charge in [-0.2, -0.15) is 0 Å². The number of ether oxygens (including phenoxy) is 2. The minimum atomic E-state index is -0.000210. The van der Waals surface area contributed by atoms with Gasteiger partial charge in [0.1, 0.15) is 11.6 Å². The summed E-state index contributed by atoms with van der Waals surface area (Å²) in [5.74, 6) is 1.16. The number of aromatic nitrogens is 1. The number of thiazole rings is 1. The zero-order valence-corrected chi connectivity index (χ0v) is 11.0. The lowest BCUT2D eigenvalue weighted by Gasteiger charge is -2.10. The fourth-order valence-corrected chi connectivity index (χ4v) is 2.00. The van der Waals surface area contributed by atoms with Gasteiger partial charge in [-0.1, -0.05) is 0 Å². The molecule has 2 aromatic rings. The van der Waals surface area contributed by atoms with E-state index in [4.69, 9.17) is 9.47 Å². The average molecular weight is 263 g/mol. The summed E-state index contributed by atoms with van der Waals surface area (Å²) in [6.45, 7) is 1.91. The molecule has 0 aliphatic carbocycles. The van der Waals surface area contributed by atoms with Crippen LogP contribution in [0.3, 0.4) is 0 Å². The number of nitrogens with zero attached hydrogens (tertiary/aromatic N) is 1. The molecule has 0 aliphatic rings. The molecule has 1 heterocycles. The number of rotatable bonds is 5. The van der Waals surface area contributed by atoms with Crippen molar-refractivity contribution < 1.29 is 14.3 Å². The Bertz CT molecular complexity index is 537. The van der Waals surface area contributed by atoms with Crippen LogP contribution in [0, 0.1) is 0 Å². The molecular weight excluding hydrogens is 250 g/mol. The van der Waals surface area contributed by atoms with Crippen LogP contribution in [0.2, 0.25) is 0 Å². The fraction of sp³-hybridized carbons (Fsp3) is 0.231. The van der Waals surface area contributed by atoms with E-state index in [1.54, 1.807) is 31.5 Å². The van der Waals surface area contributed by atoms with Gasteiger partial charge in [-0.3, -0.25) is 4.79 Å². The number of Topliss-reactive ketones (excluding diaryl/α,β-unsaturated/α-hetero) is 1. The maximum Gasteiger partial charge on any atom is 0.161 e. The van der Waals surface area contributed by atoms with Crippen LogP contribution in [0.4, 0.5) is 0 Å². The molecule has 0 unspecified atom stereocenters. The number of methoxy groups -OCH3 is 1. The van der Waals surface area contributed by atoms with Crippen molar-refractivity contribution in [2.24, 2.45) is 0 Å². The van der Waals surface area contributed by atoms with E-state index in [-0.39, 0.29) is 5.78 Å². The second-order valence-corrected chi connectivity index (χ2v) is 4.62. The topological polar surface area (TPSA) is 48.4 Å². The number of carbonyl (C=O) groups is 1. The molecule has 0 saturated carbocycles. The molecular formula is C13H13NO3S. The van der Waals surface area contributed by atoms with E-state index in [2.05, 4.69) is 4.98 Å². The molecule has 0 N–H and O–H groups in total. The van der Waals surface area contributed by atoms with E-state index in [0.717, 1.165) is 5.01 Å². The van der Waals surface area contributed by atoms with Gasteiger partial charge in [0.05, 0.1) is 7.11 Å². The van der Waals surface area contributed by atoms with Crippen LogP contribution in [-0.2, 0) is 6.61 Å². The molecule has 1 aromatic heterocycles. The molecule has 0 aliphatic heterocycles. The molecule has 0 atom stereocenters. The van der Waals surface area contributed by atoms with Crippen LogP contribution in [0.5, 0.6) is 11.5 Å². The third-order valence-corrected chi connectivity index (χ3v) is 3.16. The molecule has 0 fully saturated rings. The Kier molecular flexibility index (Phi) is 3.94. The summed E-state index contributed by atoms with van der Waals surface area (Å²) in [7, 11) is 1.55. The monoisotopic (exact) mass is 263 g/mol. The minimum absolute atomic E-state index is 0.000210. The molecule has 94 valence electrons. The van der Waals surface area contributed by atoms with Gasteiger partial charge in [-0.05, 0) is 25.1 Å². The first-order chi connectivity index (χ1) is 8.70. The molecule has 18 heavy (non-hydrogen) atoms. The quantitative estimate of drug-likeness (QED) is 0.778. The third-order valence-electron chi connectivity index (χ3n) is 2.40. The van der Waals surface area contributed by atoms with E-state index in [0.29, 0.717) is 23.7 Å². The summed E-state index contributed by atoms with van der Waals surface area (Å²) >= 11 is 1.53. The van der Waals surface area contributed by atoms with Gasteiger partial charge in [0.25, 0.3) is 0 Å². The maximum absolute atomic E-state index is 11.3. The average Bonchev–Trinajstić information content (AvgIpc) is 2.89. The fourth-order valence-electron chi connectivity index (χ4n) is 1.47. The molecule has 1 aromatic carbocycles. The normalized spacial score (nSPS) is 10.1. The van der Waals surface area contributed by atoms with Crippen LogP contribution in [0.1, 0.15) is 22.3 Å². The molecule has 0 spiro atoms. The first kappa shape index (κ1) is 12.6. The molecule has 0 amide bonds. The van der Waals surface area contributed by atoms with Crippen LogP contribution < -0.4 is 9.47 Å². The van der Waals surface area contributed by atoms with Crippen LogP contribution in [-0.4, -0.2) is 17.9 Å². The van der Waals surface area contributed by atoms with Crippen molar-refractivity contribution >= 4 is 17.1 Å². The van der Waals surface area contributed by atoms with Crippen LogP contribution in [0.15, 0.2) is 29.8 Å². The number of benzene rings is 1. The van der Waals surface area contributed by atoms with Crippen molar-refractivity contribution in [2.75, 3.05) is 7.11 Å². The van der Waals surface area contributed by atoms with E-state index >= 15 is 0 Å². The number of hydrogen-bond acceptors (Lipinski definition) is 5. The Balaban J connectivity index is 2.14. The van der Waals surface area contributed by atoms with Gasteiger partial charge < -0.3 is 9.47 Å². The zero-order chi connectivity index (χ0) is 13.0. The van der Waals surface area contributed by atoms with Gasteiger partial charge in [0.15, 0.2) is 17.3 Å². The van der Waals surface area contributed by atoms with E-state index in [9.17, 15) is 4.79 Å². The highest BCUT2D eigenvalue weighted by atomic mass is 32.1. The lowest BCUT2D eigenvalue weighted by molar-refractivity contribution is 0.101. The number of ketones is 1. The summed E-state index contributed by atoms with van der Waals surface area (Å²) in [5, 5.41) is 2.79. The SMILES string of the molecule is COc1cc(C(C)=O)ccc1OCc1nccs1. The zero-order valence-electron chi connectivity index (χ0n) is 10.2. The Morgan fingerprint density at radius 3 is 2.83 bits per heavy atom. The summed E-state index contributed by atoms with van der Waals surface area (Å²) in [5.41, 5.74) is 0.605. The summed E-state index contributed by atoms with van der Waals surface area (Å²) in [6, 6.07) is 5.14. The first-order valence-electron chi connectivity index (χ1n) is 5.41. The first-order valence-corrected chi connectivity index (χ1v) is 6.29. The molecule has 0 saturated heterocycles. The van der Waals surface area contributed by atoms with Gasteiger partial charge in [-0.15, -0.1) is 11.3 Å². The largest absolute Gasteiger partial charge is 0.493 e. The standard InChI is InChI=1S/C13H13NO3S/c1-9(15)10-3-4-11(12(7-10)16-2)17-8-13-14-5-6-18-13/h3-7H,8H2,1-2H3. The van der Waals surface area contributed by atoms with Gasteiger partial charge in [-0.25, -0.2) is 4.98 Å². The predicted molar refractivity (Wildman–Crippen MR) is 69.4 cm³/mol. The Morgan fingerprint density at radius 2 is 2.22 bits per heavy atom. The van der Waals surface area contributed by atoms with Gasteiger partial charge in [0, 0.05) is 17.1 Å². The Hall–Kier alpha value is -1.88. The summed E-state index contributed by atoms with van der Waals surface area (Å²) < 4.78 is 10.8. The summed E-state index contributed by atoms with van der Waals surface area (Å²) in [6.07, 6.45) is 1.74.